The summed E-state index contributed by atoms with van der Waals surface area (Å²) in [6.07, 6.45) is 0. The van der Waals surface area contributed by atoms with Crippen molar-refractivity contribution in [2.75, 3.05) is 26.9 Å². The molecule has 2 aromatic carbocycles. The first kappa shape index (κ1) is 19.9. The van der Waals surface area contributed by atoms with Gasteiger partial charge in [-0.2, -0.15) is 0 Å². The lowest BCUT2D eigenvalue weighted by atomic mass is 10.1. The summed E-state index contributed by atoms with van der Waals surface area (Å²) in [7, 11) is 1.68. The number of nitrogens with one attached hydrogen (secondary N) is 1. The zero-order valence-electron chi connectivity index (χ0n) is 14.5. The van der Waals surface area contributed by atoms with E-state index in [4.69, 9.17) is 37.4 Å². The molecule has 0 fully saturated rings. The van der Waals surface area contributed by atoms with Gasteiger partial charge in [0.2, 0.25) is 0 Å². The van der Waals surface area contributed by atoms with Crippen molar-refractivity contribution in [3.8, 4) is 11.5 Å². The fourth-order valence-electron chi connectivity index (χ4n) is 2.32. The van der Waals surface area contributed by atoms with Crippen LogP contribution in [0.3, 0.4) is 0 Å². The molecule has 25 heavy (non-hydrogen) atoms. The van der Waals surface area contributed by atoms with Gasteiger partial charge >= 0.3 is 0 Å². The first-order valence-electron chi connectivity index (χ1n) is 8.16. The molecule has 6 heteroatoms. The van der Waals surface area contributed by atoms with Gasteiger partial charge in [-0.1, -0.05) is 41.4 Å². The summed E-state index contributed by atoms with van der Waals surface area (Å²) in [5.74, 6) is 1.44. The quantitative estimate of drug-likeness (QED) is 0.603. The van der Waals surface area contributed by atoms with Gasteiger partial charge in [-0.15, -0.1) is 0 Å². The third-order valence-electron chi connectivity index (χ3n) is 3.55. The third-order valence-corrected chi connectivity index (χ3v) is 4.13. The Bertz CT molecular complexity index is 680. The molecular weight excluding hydrogens is 361 g/mol. The molecule has 2 aromatic rings. The number of ether oxygens (including phenoxy) is 3. The number of benzene rings is 2. The monoisotopic (exact) mass is 383 g/mol. The van der Waals surface area contributed by atoms with Crippen LogP contribution in [-0.4, -0.2) is 26.9 Å². The van der Waals surface area contributed by atoms with Crippen molar-refractivity contribution < 1.29 is 14.2 Å². The molecule has 0 unspecified atom stereocenters. The van der Waals surface area contributed by atoms with E-state index < -0.39 is 0 Å². The Hall–Kier alpha value is -1.46. The van der Waals surface area contributed by atoms with E-state index in [1.54, 1.807) is 19.2 Å². The molecule has 136 valence electrons. The van der Waals surface area contributed by atoms with E-state index in [1.165, 1.54) is 0 Å². The summed E-state index contributed by atoms with van der Waals surface area (Å²) >= 11 is 12.2. The molecule has 0 aliphatic carbocycles. The van der Waals surface area contributed by atoms with Crippen LogP contribution in [0, 0.1) is 0 Å². The second-order valence-corrected chi connectivity index (χ2v) is 6.22. The highest BCUT2D eigenvalue weighted by Gasteiger charge is 2.12. The lowest BCUT2D eigenvalue weighted by Crippen LogP contribution is -2.19. The minimum absolute atomic E-state index is 0.338. The molecular formula is C19H23Cl2NO3. The fraction of sp³-hybridized carbons (Fsp3) is 0.368. The second-order valence-electron chi connectivity index (χ2n) is 5.37. The number of hydrogen-bond acceptors (Lipinski definition) is 4. The molecule has 0 aliphatic rings. The molecule has 0 aliphatic heterocycles. The van der Waals surface area contributed by atoms with E-state index >= 15 is 0 Å². The molecule has 0 saturated carbocycles. The highest BCUT2D eigenvalue weighted by atomic mass is 35.5. The number of rotatable bonds is 10. The SMILES string of the molecule is CCOc1cccc(CNCCOC)c1OCc1ccc(Cl)cc1Cl. The van der Waals surface area contributed by atoms with Crippen molar-refractivity contribution in [1.82, 2.24) is 5.32 Å². The number of hydrogen-bond donors (Lipinski definition) is 1. The standard InChI is InChI=1S/C19H23Cl2NO3/c1-3-24-18-6-4-5-14(12-22-9-10-23-2)19(18)25-13-15-7-8-16(20)11-17(15)21/h4-8,11,22H,3,9-10,12-13H2,1-2H3. The lowest BCUT2D eigenvalue weighted by molar-refractivity contribution is 0.199. The zero-order chi connectivity index (χ0) is 18.1. The minimum atomic E-state index is 0.338. The van der Waals surface area contributed by atoms with Crippen LogP contribution in [-0.2, 0) is 17.9 Å². The van der Waals surface area contributed by atoms with Crippen LogP contribution in [0.15, 0.2) is 36.4 Å². The van der Waals surface area contributed by atoms with Gasteiger partial charge in [-0.3, -0.25) is 0 Å². The maximum Gasteiger partial charge on any atom is 0.166 e. The van der Waals surface area contributed by atoms with E-state index in [9.17, 15) is 0 Å². The van der Waals surface area contributed by atoms with Crippen molar-refractivity contribution in [3.63, 3.8) is 0 Å². The summed E-state index contributed by atoms with van der Waals surface area (Å²) in [5, 5.41) is 4.51. The highest BCUT2D eigenvalue weighted by Crippen LogP contribution is 2.33. The predicted molar refractivity (Wildman–Crippen MR) is 102 cm³/mol. The Morgan fingerprint density at radius 1 is 1.04 bits per heavy atom. The van der Waals surface area contributed by atoms with E-state index in [-0.39, 0.29) is 0 Å². The molecule has 0 radical (unpaired) electrons. The van der Waals surface area contributed by atoms with Crippen molar-refractivity contribution >= 4 is 23.2 Å². The predicted octanol–water partition coefficient (Wildman–Crippen LogP) is 4.71. The summed E-state index contributed by atoms with van der Waals surface area (Å²) in [6.45, 7) is 4.93. The van der Waals surface area contributed by atoms with Crippen LogP contribution >= 0.6 is 23.2 Å². The highest BCUT2D eigenvalue weighted by molar-refractivity contribution is 6.35. The van der Waals surface area contributed by atoms with Crippen LogP contribution in [0.4, 0.5) is 0 Å². The van der Waals surface area contributed by atoms with E-state index in [2.05, 4.69) is 5.32 Å². The van der Waals surface area contributed by atoms with Crippen molar-refractivity contribution in [1.29, 1.82) is 0 Å². The minimum Gasteiger partial charge on any atom is -0.490 e. The van der Waals surface area contributed by atoms with Gasteiger partial charge in [0.05, 0.1) is 13.2 Å². The van der Waals surface area contributed by atoms with E-state index in [0.717, 1.165) is 29.2 Å². The van der Waals surface area contributed by atoms with E-state index in [0.29, 0.717) is 36.4 Å². The Kier molecular flexibility index (Phi) is 8.35. The maximum atomic E-state index is 6.23. The van der Waals surface area contributed by atoms with Gasteiger partial charge in [-0.05, 0) is 25.1 Å². The normalized spacial score (nSPS) is 10.7. The van der Waals surface area contributed by atoms with Crippen molar-refractivity contribution in [3.05, 3.63) is 57.6 Å². The summed E-state index contributed by atoms with van der Waals surface area (Å²) < 4.78 is 16.8. The molecule has 0 atom stereocenters. The van der Waals surface area contributed by atoms with Gasteiger partial charge in [-0.25, -0.2) is 0 Å². The maximum absolute atomic E-state index is 6.23. The summed E-state index contributed by atoms with van der Waals surface area (Å²) in [5.41, 5.74) is 1.89. The zero-order valence-corrected chi connectivity index (χ0v) is 16.0. The number of methoxy groups -OCH3 is 1. The van der Waals surface area contributed by atoms with Gasteiger partial charge in [0, 0.05) is 41.4 Å². The molecule has 4 nitrogen and oxygen atoms in total. The van der Waals surface area contributed by atoms with Gasteiger partial charge < -0.3 is 19.5 Å². The molecule has 0 bridgehead atoms. The Balaban J connectivity index is 2.14. The smallest absolute Gasteiger partial charge is 0.166 e. The van der Waals surface area contributed by atoms with Gasteiger partial charge in [0.25, 0.3) is 0 Å². The molecule has 1 N–H and O–H groups in total. The molecule has 0 aromatic heterocycles. The Labute approximate surface area is 159 Å². The van der Waals surface area contributed by atoms with Crippen LogP contribution in [0.2, 0.25) is 10.0 Å². The first-order valence-corrected chi connectivity index (χ1v) is 8.92. The third kappa shape index (κ3) is 6.08. The average molecular weight is 384 g/mol. The van der Waals surface area contributed by atoms with Crippen LogP contribution in [0.5, 0.6) is 11.5 Å². The number of halogens is 2. The second kappa shape index (κ2) is 10.5. The number of para-hydroxylation sites is 1. The molecule has 0 amide bonds. The van der Waals surface area contributed by atoms with Crippen LogP contribution < -0.4 is 14.8 Å². The largest absolute Gasteiger partial charge is 0.490 e. The van der Waals surface area contributed by atoms with Crippen LogP contribution in [0.25, 0.3) is 0 Å². The summed E-state index contributed by atoms with van der Waals surface area (Å²) in [6, 6.07) is 11.3. The average Bonchev–Trinajstić information content (AvgIpc) is 2.59. The van der Waals surface area contributed by atoms with Gasteiger partial charge in [0.1, 0.15) is 6.61 Å². The topological polar surface area (TPSA) is 39.7 Å². The van der Waals surface area contributed by atoms with Crippen molar-refractivity contribution in [2.45, 2.75) is 20.1 Å². The molecule has 2 rings (SSSR count). The summed E-state index contributed by atoms with van der Waals surface area (Å²) in [4.78, 5) is 0. The molecule has 0 spiro atoms. The Morgan fingerprint density at radius 3 is 2.60 bits per heavy atom. The molecule has 0 saturated heterocycles. The first-order chi connectivity index (χ1) is 12.2. The lowest BCUT2D eigenvalue weighted by Gasteiger charge is -2.17. The van der Waals surface area contributed by atoms with Gasteiger partial charge in [0.15, 0.2) is 11.5 Å². The molecule has 0 heterocycles. The van der Waals surface area contributed by atoms with E-state index in [1.807, 2.05) is 31.2 Å². The van der Waals surface area contributed by atoms with Crippen LogP contribution in [0.1, 0.15) is 18.1 Å². The Morgan fingerprint density at radius 2 is 1.88 bits per heavy atom. The van der Waals surface area contributed by atoms with Crippen molar-refractivity contribution in [2.24, 2.45) is 0 Å². The fourth-order valence-corrected chi connectivity index (χ4v) is 2.78.